The van der Waals surface area contributed by atoms with Crippen LogP contribution >= 0.6 is 0 Å². The molecule has 8 rings (SSSR count). The van der Waals surface area contributed by atoms with Crippen LogP contribution in [0.2, 0.25) is 72.5 Å². The van der Waals surface area contributed by atoms with E-state index in [0.29, 0.717) is 71.6 Å². The maximum Gasteiger partial charge on any atom is 0.411 e. The van der Waals surface area contributed by atoms with Crippen molar-refractivity contribution in [2.24, 2.45) is 0 Å². The molecule has 2 bridgehead atoms. The molecule has 0 saturated carbocycles. The molecule has 5 aliphatic heterocycles. The summed E-state index contributed by atoms with van der Waals surface area (Å²) in [7, 11) is -8.14. The number of aliphatic hydroxyl groups is 3. The van der Waals surface area contributed by atoms with Crippen molar-refractivity contribution >= 4 is 57.6 Å². The smallest absolute Gasteiger partial charge is 0.411 e. The number of likely N-dealkylation sites (tertiary alicyclic amines) is 1. The first-order valence-electron chi connectivity index (χ1n) is 41.5. The fraction of sp³-hybridized carbons (Fsp3) is 0.700. The predicted octanol–water partition coefficient (Wildman–Crippen LogP) is 19.4. The van der Waals surface area contributed by atoms with Crippen LogP contribution in [0.5, 0.6) is 0 Å². The number of morpholine rings is 1. The number of carbonyl (C=O) groups is 4. The second-order valence-electron chi connectivity index (χ2n) is 41.4. The molecule has 676 valence electrons. The molecule has 3 aromatic rings. The molecule has 5 heterocycles. The molecule has 10 atom stereocenters. The molecule has 3 fully saturated rings. The van der Waals surface area contributed by atoms with Crippen molar-refractivity contribution < 1.29 is 111 Å². The van der Waals surface area contributed by atoms with Crippen LogP contribution in [-0.2, 0) is 95.8 Å². The molecule has 3 N–H and O–H groups in total. The Morgan fingerprint density at radius 1 is 0.415 bits per heavy atom. The minimum Gasteiger partial charge on any atom is -0.491 e. The van der Waals surface area contributed by atoms with Gasteiger partial charge >= 0.3 is 24.4 Å². The Labute approximate surface area is 729 Å². The summed E-state index contributed by atoms with van der Waals surface area (Å²) >= 11 is 0. The van der Waals surface area contributed by atoms with Crippen LogP contribution in [0.3, 0.4) is 0 Å². The molecule has 0 spiro atoms. The molecule has 118 heavy (non-hydrogen) atoms. The molecule has 23 nitrogen and oxygen atoms in total. The second kappa shape index (κ2) is 43.5. The van der Waals surface area contributed by atoms with Crippen LogP contribution < -0.4 is 0 Å². The number of aliphatic hydroxyl groups excluding tert-OH is 3. The SMILES string of the molecule is CC(C)(C)OC(=O)N1C2COCC1[C@@H](OCc1ccccc1)C2.CC(C)(C)OC(=O)N1[C@@H](CO)C=C(OCc2ccccc2)[C@H]1CO.CC(C)(C)OC(=O)N1[C@@H](CO[Si](C)(C)C(C)(C)C)C=C(OCc2ccccc2)[C@H]1CO[Si](C)(C)C(C)(C)C.CC(C)(C)OC(=O)N1[C@@H](CO[Si](C)(C)C(C)(C)C)C[C@H](O)[C@H]1CO[Si](C)(C)C(C)(C)C.[CH3-].[Pd]. The Morgan fingerprint density at radius 3 is 1.14 bits per heavy atom. The summed E-state index contributed by atoms with van der Waals surface area (Å²) in [6.07, 6.45) is 2.68. The van der Waals surface area contributed by atoms with E-state index >= 15 is 0 Å². The zero-order valence-electron chi connectivity index (χ0n) is 78.3. The van der Waals surface area contributed by atoms with Gasteiger partial charge in [0.15, 0.2) is 33.3 Å². The number of nitrogens with zero attached hydrogens (tertiary/aromatic N) is 4. The van der Waals surface area contributed by atoms with Gasteiger partial charge in [0.2, 0.25) is 0 Å². The van der Waals surface area contributed by atoms with Crippen molar-refractivity contribution in [2.45, 2.75) is 354 Å². The summed E-state index contributed by atoms with van der Waals surface area (Å²) in [5, 5.41) is 30.4. The summed E-state index contributed by atoms with van der Waals surface area (Å²) in [5.41, 5.74) is 0.799. The fourth-order valence-electron chi connectivity index (χ4n) is 12.2. The molecule has 28 heteroatoms. The Morgan fingerprint density at radius 2 is 0.754 bits per heavy atom. The van der Waals surface area contributed by atoms with E-state index in [-0.39, 0.29) is 104 Å². The molecule has 2 unspecified atom stereocenters. The molecule has 0 radical (unpaired) electrons. The Bertz CT molecular complexity index is 3630. The minimum absolute atomic E-state index is 0. The number of ether oxygens (including phenoxy) is 8. The van der Waals surface area contributed by atoms with Gasteiger partial charge in [-0.1, -0.05) is 174 Å². The summed E-state index contributed by atoms with van der Waals surface area (Å²) in [4.78, 5) is 58.4. The van der Waals surface area contributed by atoms with Crippen molar-refractivity contribution in [2.75, 3.05) is 52.9 Å². The monoisotopic (exact) mass is 1810 g/mol. The van der Waals surface area contributed by atoms with E-state index in [4.69, 9.17) is 55.6 Å². The van der Waals surface area contributed by atoms with Gasteiger partial charge in [-0.05, 0) is 197 Å². The van der Waals surface area contributed by atoms with Crippen LogP contribution in [0.15, 0.2) is 115 Å². The van der Waals surface area contributed by atoms with Crippen molar-refractivity contribution in [3.63, 3.8) is 0 Å². The summed E-state index contributed by atoms with van der Waals surface area (Å²) in [6, 6.07) is 27.1. The molecule has 5 aliphatic rings. The van der Waals surface area contributed by atoms with E-state index < -0.39 is 98.1 Å². The zero-order valence-corrected chi connectivity index (χ0v) is 83.8. The first-order valence-corrected chi connectivity index (χ1v) is 53.2. The van der Waals surface area contributed by atoms with E-state index in [1.165, 1.54) is 4.90 Å². The Balaban J connectivity index is 0.000000412. The fourth-order valence-corrected chi connectivity index (χ4v) is 16.3. The summed E-state index contributed by atoms with van der Waals surface area (Å²) < 4.78 is 72.5. The molecule has 4 amide bonds. The topological polar surface area (TPSA) is 253 Å². The number of carbonyl (C=O) groups excluding carboxylic acids is 4. The van der Waals surface area contributed by atoms with Gasteiger partial charge in [0.05, 0.1) is 108 Å². The number of rotatable bonds is 23. The Kier molecular flexibility index (Phi) is 39.6. The molecule has 3 aromatic carbocycles. The second-order valence-corrected chi connectivity index (χ2v) is 60.6. The van der Waals surface area contributed by atoms with Crippen LogP contribution in [0, 0.1) is 7.43 Å². The normalized spacial score (nSPS) is 22.0. The number of benzene rings is 3. The quantitative estimate of drug-likeness (QED) is 0.0453. The maximum atomic E-state index is 13.7. The molecule has 0 aromatic heterocycles. The predicted molar refractivity (Wildman–Crippen MR) is 475 cm³/mol. The van der Waals surface area contributed by atoms with Crippen LogP contribution in [0.25, 0.3) is 0 Å². The van der Waals surface area contributed by atoms with E-state index in [2.05, 4.69) is 135 Å². The van der Waals surface area contributed by atoms with Gasteiger partial charge in [-0.25, -0.2) is 19.2 Å². The van der Waals surface area contributed by atoms with Gasteiger partial charge in [0.25, 0.3) is 0 Å². The van der Waals surface area contributed by atoms with Crippen molar-refractivity contribution in [3.8, 4) is 0 Å². The molecular formula is C90H155N4O19PdSi4-. The number of fused-ring (bicyclic) bond motifs is 2. The van der Waals surface area contributed by atoms with Gasteiger partial charge in [-0.3, -0.25) is 19.6 Å². The average molecular weight is 1820 g/mol. The maximum absolute atomic E-state index is 13.7. The number of hydrogen-bond donors (Lipinski definition) is 3. The molecule has 3 saturated heterocycles. The van der Waals surface area contributed by atoms with Gasteiger partial charge in [0.1, 0.15) is 59.2 Å². The summed E-state index contributed by atoms with van der Waals surface area (Å²) in [6.45, 7) is 69.6. The summed E-state index contributed by atoms with van der Waals surface area (Å²) in [5.74, 6) is 1.20. The zero-order chi connectivity index (χ0) is 88.0. The largest absolute Gasteiger partial charge is 0.491 e. The van der Waals surface area contributed by atoms with Gasteiger partial charge in [-0.2, -0.15) is 0 Å². The van der Waals surface area contributed by atoms with Crippen molar-refractivity contribution in [1.82, 2.24) is 19.6 Å². The van der Waals surface area contributed by atoms with Crippen molar-refractivity contribution in [3.05, 3.63) is 139 Å². The standard InChI is InChI=1S/C30H53NO5Si2.C23H49NO5Si2.C18H25NO5.C18H25NO4.CH3.Pd/c1-28(2,3)36-27(32)31-24(21-34-37(10,11)29(4,5)6)19-26(33-20-23-17-15-14-16-18-23)25(31)22-35-38(12,13)30(7,8)9;1-21(2,3)29-20(26)24-17(15-27-30(10,11)22(4,5)6)14-19(25)18(24)16-28-31(12,13)23(7,8)9;1-18(2,3)24-17(22)19-14(10-20)9-16(15(19)11-21)23-12-13-7-5-4-6-8-13;1-18(2,3)23-17(20)19-14-9-16(15(19)12-21-11-14)22-10-13-7-5-4-6-8-13;;/h14-19,24-25H,20-22H2,1-13H3;17-19,25H,14-16H2,1-13H3;4-9,14-15,20-21H,10-12H2,1-3H3;4-8,14-16H,9-12H2,1-3H3;1H3;/q;;;;-1;/t24-,25-;17-,18-,19+;14-,15-;14?,15?,16-;;/m1110../s1. The van der Waals surface area contributed by atoms with Crippen LogP contribution in [0.4, 0.5) is 19.2 Å². The van der Waals surface area contributed by atoms with Crippen LogP contribution in [-0.4, -0.2) is 228 Å². The number of hydrogen-bond acceptors (Lipinski definition) is 19. The third-order valence-electron chi connectivity index (χ3n) is 23.0. The van der Waals surface area contributed by atoms with Gasteiger partial charge in [-0.15, -0.1) is 0 Å². The first-order chi connectivity index (χ1) is 53.0. The molecule has 0 aliphatic carbocycles. The number of amides is 4. The third kappa shape index (κ3) is 32.3. The van der Waals surface area contributed by atoms with Crippen LogP contribution in [0.1, 0.15) is 196 Å². The molecular weight excluding hydrogens is 1660 g/mol. The van der Waals surface area contributed by atoms with Gasteiger partial charge in [0, 0.05) is 20.4 Å². The first kappa shape index (κ1) is 107. The van der Waals surface area contributed by atoms with Gasteiger partial charge < -0.3 is 78.3 Å². The van der Waals surface area contributed by atoms with E-state index in [9.17, 15) is 34.5 Å². The third-order valence-corrected chi connectivity index (χ3v) is 41.0. The minimum atomic E-state index is -2.08. The van der Waals surface area contributed by atoms with E-state index in [1.54, 1.807) is 36.6 Å². The Hall–Kier alpha value is -5.01. The van der Waals surface area contributed by atoms with E-state index in [1.807, 2.05) is 164 Å². The van der Waals surface area contributed by atoms with Crippen molar-refractivity contribution in [1.29, 1.82) is 0 Å². The van der Waals surface area contributed by atoms with E-state index in [0.717, 1.165) is 28.9 Å². The average Bonchev–Trinajstić information content (AvgIpc) is 1.65.